The van der Waals surface area contributed by atoms with Gasteiger partial charge in [0.2, 0.25) is 0 Å². The maximum absolute atomic E-state index is 10.5. The molecule has 0 spiro atoms. The summed E-state index contributed by atoms with van der Waals surface area (Å²) in [4.78, 5) is 22.7. The highest BCUT2D eigenvalue weighted by Gasteiger charge is 2.32. The highest BCUT2D eigenvalue weighted by atomic mass is 35.5. The molecule has 0 atom stereocenters. The van der Waals surface area contributed by atoms with E-state index in [9.17, 15) is 4.79 Å². The smallest absolute Gasteiger partial charge is 0.293 e. The molecule has 0 saturated carbocycles. The Morgan fingerprint density at radius 2 is 2.30 bits per heavy atom. The van der Waals surface area contributed by atoms with Gasteiger partial charge in [-0.05, 0) is 24.1 Å². The van der Waals surface area contributed by atoms with Crippen molar-refractivity contribution in [1.29, 1.82) is 0 Å². The molecule has 7 heteroatoms. The third kappa shape index (κ3) is 2.82. The number of hydrogen-bond acceptors (Lipinski definition) is 4. The summed E-state index contributed by atoms with van der Waals surface area (Å²) in [6.45, 7) is 3.90. The summed E-state index contributed by atoms with van der Waals surface area (Å²) in [6.07, 6.45) is 5.88. The molecule has 4 heterocycles. The number of aromatic nitrogens is 2. The Balaban J connectivity index is 1.45. The van der Waals surface area contributed by atoms with Crippen molar-refractivity contribution in [2.45, 2.75) is 12.5 Å². The molecule has 1 radical (unpaired) electrons. The molecule has 5 nitrogen and oxygen atoms in total. The monoisotopic (exact) mass is 327 g/mol. The number of H-pyrrole nitrogens is 1. The van der Waals surface area contributed by atoms with Gasteiger partial charge in [-0.3, -0.25) is 4.90 Å². The van der Waals surface area contributed by atoms with Crippen LogP contribution in [-0.4, -0.2) is 65.5 Å². The lowest BCUT2D eigenvalue weighted by molar-refractivity contribution is 0.0979. The zero-order valence-corrected chi connectivity index (χ0v) is 13.5. The Hall–Kier alpha value is -1.63. The molecule has 1 saturated heterocycles. The zero-order valence-electron chi connectivity index (χ0n) is 12.7. The summed E-state index contributed by atoms with van der Waals surface area (Å²) >= 11 is 6.22. The van der Waals surface area contributed by atoms with Gasteiger partial charge in [-0.2, -0.15) is 0 Å². The second-order valence-corrected chi connectivity index (χ2v) is 6.51. The fourth-order valence-corrected chi connectivity index (χ4v) is 3.56. The summed E-state index contributed by atoms with van der Waals surface area (Å²) < 4.78 is 0. The molecule has 0 unspecified atom stereocenters. The van der Waals surface area contributed by atoms with Crippen LogP contribution in [-0.2, 0) is 4.79 Å². The van der Waals surface area contributed by atoms with Crippen molar-refractivity contribution in [3.05, 3.63) is 35.1 Å². The van der Waals surface area contributed by atoms with Gasteiger partial charge in [0, 0.05) is 49.5 Å². The van der Waals surface area contributed by atoms with Gasteiger partial charge in [0.25, 0.3) is 7.41 Å². The summed E-state index contributed by atoms with van der Waals surface area (Å²) in [6, 6.07) is 4.47. The van der Waals surface area contributed by atoms with Crippen LogP contribution >= 0.6 is 11.6 Å². The first kappa shape index (κ1) is 14.9. The summed E-state index contributed by atoms with van der Waals surface area (Å²) in [5.74, 6) is 0. The number of pyridine rings is 1. The van der Waals surface area contributed by atoms with Crippen LogP contribution in [0.3, 0.4) is 0 Å². The van der Waals surface area contributed by atoms with E-state index in [2.05, 4.69) is 31.8 Å². The third-order valence-corrected chi connectivity index (χ3v) is 5.07. The van der Waals surface area contributed by atoms with Crippen molar-refractivity contribution < 1.29 is 4.79 Å². The van der Waals surface area contributed by atoms with Gasteiger partial charge in [0.15, 0.2) is 0 Å². The number of nitrogens with one attached hydrogen (secondary N) is 1. The van der Waals surface area contributed by atoms with E-state index in [1.165, 1.54) is 5.57 Å². The molecule has 4 rings (SSSR count). The van der Waals surface area contributed by atoms with Crippen LogP contribution in [0.2, 0.25) is 5.02 Å². The summed E-state index contributed by atoms with van der Waals surface area (Å²) in [5, 5.41) is 1.71. The van der Waals surface area contributed by atoms with Gasteiger partial charge < -0.3 is 14.6 Å². The number of carbonyl (C=O) groups is 1. The van der Waals surface area contributed by atoms with E-state index >= 15 is 0 Å². The Bertz CT molecular complexity index is 769. The molecule has 117 valence electrons. The average molecular weight is 328 g/mol. The SMILES string of the molecule is O=C[B]N1CC(N2CC=C(c3cc4c(Cl)ccnc4[nH]3)CC2)C1. The van der Waals surface area contributed by atoms with Gasteiger partial charge in [-0.25, -0.2) is 4.98 Å². The van der Waals surface area contributed by atoms with Crippen LogP contribution in [0.15, 0.2) is 24.4 Å². The lowest BCUT2D eigenvalue weighted by Crippen LogP contribution is -2.61. The van der Waals surface area contributed by atoms with Crippen LogP contribution in [0, 0.1) is 0 Å². The highest BCUT2D eigenvalue weighted by molar-refractivity contribution is 6.64. The predicted molar refractivity (Wildman–Crippen MR) is 93.1 cm³/mol. The van der Waals surface area contributed by atoms with Crippen LogP contribution < -0.4 is 0 Å². The highest BCUT2D eigenvalue weighted by Crippen LogP contribution is 2.29. The molecule has 2 aromatic rings. The number of carbonyl (C=O) groups excluding carboxylic acids is 1. The molecule has 2 aliphatic rings. The van der Waals surface area contributed by atoms with Crippen molar-refractivity contribution in [1.82, 2.24) is 19.7 Å². The molecule has 2 aromatic heterocycles. The minimum atomic E-state index is 0.558. The Morgan fingerprint density at radius 3 is 3.00 bits per heavy atom. The van der Waals surface area contributed by atoms with Crippen molar-refractivity contribution in [2.75, 3.05) is 26.2 Å². The standard InChI is InChI=1S/C16H17BClN4O/c18-14-1-4-19-16-13(14)7-15(20-16)11-2-5-21(6-3-11)12-8-22(9-12)17-10-23/h1-2,4,7,10,12H,3,5-6,8-9H2,(H,19,20). The lowest BCUT2D eigenvalue weighted by atomic mass is 9.87. The first-order chi connectivity index (χ1) is 11.2. The van der Waals surface area contributed by atoms with Gasteiger partial charge in [-0.15, -0.1) is 0 Å². The van der Waals surface area contributed by atoms with Crippen LogP contribution in [0.5, 0.6) is 0 Å². The van der Waals surface area contributed by atoms with E-state index in [0.717, 1.165) is 60.5 Å². The topological polar surface area (TPSA) is 52.2 Å². The van der Waals surface area contributed by atoms with Crippen LogP contribution in [0.1, 0.15) is 12.1 Å². The Kier molecular flexibility index (Phi) is 3.97. The molecule has 0 aromatic carbocycles. The molecule has 2 aliphatic heterocycles. The number of rotatable bonds is 4. The first-order valence-corrected chi connectivity index (χ1v) is 8.22. The number of fused-ring (bicyclic) bond motifs is 1. The Morgan fingerprint density at radius 1 is 1.43 bits per heavy atom. The zero-order chi connectivity index (χ0) is 15.8. The van der Waals surface area contributed by atoms with Crippen LogP contribution in [0.4, 0.5) is 0 Å². The summed E-state index contributed by atoms with van der Waals surface area (Å²) in [5.41, 5.74) is 3.28. The van der Waals surface area contributed by atoms with Crippen molar-refractivity contribution in [3.63, 3.8) is 0 Å². The van der Waals surface area contributed by atoms with Gasteiger partial charge in [0.1, 0.15) is 5.65 Å². The van der Waals surface area contributed by atoms with Gasteiger partial charge in [0.05, 0.1) is 11.2 Å². The fraction of sp³-hybridized carbons (Fsp3) is 0.375. The van der Waals surface area contributed by atoms with E-state index in [1.54, 1.807) is 13.6 Å². The first-order valence-electron chi connectivity index (χ1n) is 7.84. The van der Waals surface area contributed by atoms with Crippen molar-refractivity contribution >= 4 is 41.8 Å². The summed E-state index contributed by atoms with van der Waals surface area (Å²) in [7, 11) is 1.63. The minimum absolute atomic E-state index is 0.558. The largest absolute Gasteiger partial charge is 0.339 e. The second-order valence-electron chi connectivity index (χ2n) is 6.11. The molecular weight excluding hydrogens is 310 g/mol. The molecule has 0 amide bonds. The molecule has 1 N–H and O–H groups in total. The van der Waals surface area contributed by atoms with Gasteiger partial charge in [-0.1, -0.05) is 17.7 Å². The third-order valence-electron chi connectivity index (χ3n) is 4.74. The minimum Gasteiger partial charge on any atom is -0.339 e. The lowest BCUT2D eigenvalue weighted by Gasteiger charge is -2.45. The van der Waals surface area contributed by atoms with Crippen LogP contribution in [0.25, 0.3) is 16.6 Å². The number of halogens is 1. The quantitative estimate of drug-likeness (QED) is 0.687. The van der Waals surface area contributed by atoms with E-state index in [-0.39, 0.29) is 0 Å². The van der Waals surface area contributed by atoms with Crippen molar-refractivity contribution in [3.8, 4) is 0 Å². The van der Waals surface area contributed by atoms with E-state index in [0.29, 0.717) is 6.04 Å². The van der Waals surface area contributed by atoms with Gasteiger partial charge >= 0.3 is 0 Å². The van der Waals surface area contributed by atoms with Crippen molar-refractivity contribution in [2.24, 2.45) is 0 Å². The Labute approximate surface area is 140 Å². The van der Waals surface area contributed by atoms with E-state index in [4.69, 9.17) is 11.6 Å². The molecule has 1 fully saturated rings. The molecule has 23 heavy (non-hydrogen) atoms. The normalized spacial score (nSPS) is 20.3. The maximum atomic E-state index is 10.5. The number of hydrogen-bond donors (Lipinski definition) is 1. The second kappa shape index (κ2) is 6.11. The predicted octanol–water partition coefficient (Wildman–Crippen LogP) is 1.80. The average Bonchev–Trinajstić information content (AvgIpc) is 2.96. The molecule has 0 aliphatic carbocycles. The molecule has 0 bridgehead atoms. The van der Waals surface area contributed by atoms with E-state index < -0.39 is 0 Å². The maximum Gasteiger partial charge on any atom is 0.293 e. The number of aromatic amines is 1. The molecular formula is C16H17BClN4O. The van der Waals surface area contributed by atoms with E-state index in [1.807, 2.05) is 6.07 Å². The fourth-order valence-electron chi connectivity index (χ4n) is 3.36. The number of nitrogens with zero attached hydrogens (tertiary/aromatic N) is 3.